The van der Waals surface area contributed by atoms with E-state index in [4.69, 9.17) is 17.0 Å². The maximum Gasteiger partial charge on any atom is 0.416 e. The van der Waals surface area contributed by atoms with Crippen LogP contribution in [0.2, 0.25) is 0 Å². The largest absolute Gasteiger partial charge is 0.462 e. The lowest BCUT2D eigenvalue weighted by Crippen LogP contribution is -2.18. The average Bonchev–Trinajstić information content (AvgIpc) is 3.07. The predicted octanol–water partition coefficient (Wildman–Crippen LogP) is 5.57. The van der Waals surface area contributed by atoms with E-state index in [-0.39, 0.29) is 18.2 Å². The van der Waals surface area contributed by atoms with E-state index in [2.05, 4.69) is 10.2 Å². The zero-order valence-corrected chi connectivity index (χ0v) is 16.8. The standard InChI is InChI=1S/C20H22F3N3O2S/c1-2-28-18(27)16(12-13-8-10-14(11-9-13)20(21,22)23)17-24-25-19(29)26(17)15-6-4-3-5-7-15/h8-12,15H,2-7H2,1H3,(H,25,29). The third kappa shape index (κ3) is 4.95. The van der Waals surface area contributed by atoms with Crippen LogP contribution in [0.4, 0.5) is 13.2 Å². The summed E-state index contributed by atoms with van der Waals surface area (Å²) >= 11 is 5.39. The molecule has 1 fully saturated rings. The lowest BCUT2D eigenvalue weighted by molar-refractivity contribution is -0.138. The maximum absolute atomic E-state index is 12.8. The Morgan fingerprint density at radius 1 is 1.28 bits per heavy atom. The molecular formula is C20H22F3N3O2S. The number of esters is 1. The molecule has 1 aromatic heterocycles. The van der Waals surface area contributed by atoms with E-state index in [1.165, 1.54) is 18.2 Å². The highest BCUT2D eigenvalue weighted by Crippen LogP contribution is 2.32. The van der Waals surface area contributed by atoms with E-state index in [1.807, 2.05) is 4.57 Å². The van der Waals surface area contributed by atoms with Gasteiger partial charge in [0.2, 0.25) is 0 Å². The number of carbonyl (C=O) groups excluding carboxylic acids is 1. The molecule has 0 radical (unpaired) electrons. The Bertz CT molecular complexity index is 939. The van der Waals surface area contributed by atoms with Crippen LogP contribution >= 0.6 is 12.2 Å². The molecule has 0 aliphatic heterocycles. The Balaban J connectivity index is 2.04. The SMILES string of the molecule is CCOC(=O)C(=Cc1ccc(C(F)(F)F)cc1)c1n[nH]c(=S)n1C1CCCCC1. The van der Waals surface area contributed by atoms with E-state index >= 15 is 0 Å². The first-order valence-corrected chi connectivity index (χ1v) is 9.95. The lowest BCUT2D eigenvalue weighted by Gasteiger charge is -2.24. The quantitative estimate of drug-likeness (QED) is 0.387. The third-order valence-corrected chi connectivity index (χ3v) is 5.22. The van der Waals surface area contributed by atoms with Crippen molar-refractivity contribution in [3.05, 3.63) is 46.0 Å². The van der Waals surface area contributed by atoms with Crippen molar-refractivity contribution >= 4 is 29.8 Å². The molecule has 3 rings (SSSR count). The third-order valence-electron chi connectivity index (χ3n) is 4.93. The minimum absolute atomic E-state index is 0.121. The van der Waals surface area contributed by atoms with Crippen molar-refractivity contribution in [1.29, 1.82) is 0 Å². The van der Waals surface area contributed by atoms with Crippen molar-refractivity contribution in [3.8, 4) is 0 Å². The van der Waals surface area contributed by atoms with Crippen molar-refractivity contribution in [2.45, 2.75) is 51.2 Å². The second kappa shape index (κ2) is 8.94. The highest BCUT2D eigenvalue weighted by atomic mass is 32.1. The number of nitrogens with zero attached hydrogens (tertiary/aromatic N) is 2. The maximum atomic E-state index is 12.8. The van der Waals surface area contributed by atoms with Crippen molar-refractivity contribution < 1.29 is 22.7 Å². The van der Waals surface area contributed by atoms with Gasteiger partial charge in [0.15, 0.2) is 10.6 Å². The molecule has 0 bridgehead atoms. The molecule has 1 aliphatic rings. The molecular weight excluding hydrogens is 403 g/mol. The molecule has 156 valence electrons. The minimum Gasteiger partial charge on any atom is -0.462 e. The van der Waals surface area contributed by atoms with Gasteiger partial charge in [-0.2, -0.15) is 18.3 Å². The van der Waals surface area contributed by atoms with Crippen LogP contribution in [0.1, 0.15) is 62.0 Å². The number of nitrogens with one attached hydrogen (secondary N) is 1. The molecule has 5 nitrogen and oxygen atoms in total. The number of ether oxygens (including phenoxy) is 1. The number of aromatic amines is 1. The van der Waals surface area contributed by atoms with Gasteiger partial charge in [0, 0.05) is 6.04 Å². The van der Waals surface area contributed by atoms with E-state index in [9.17, 15) is 18.0 Å². The molecule has 0 saturated heterocycles. The van der Waals surface area contributed by atoms with Crippen LogP contribution in [0.3, 0.4) is 0 Å². The van der Waals surface area contributed by atoms with Crippen LogP contribution in [0.5, 0.6) is 0 Å². The number of benzene rings is 1. The summed E-state index contributed by atoms with van der Waals surface area (Å²) in [5, 5.41) is 6.99. The molecule has 0 spiro atoms. The molecule has 29 heavy (non-hydrogen) atoms. The minimum atomic E-state index is -4.42. The first-order chi connectivity index (χ1) is 13.8. The van der Waals surface area contributed by atoms with Gasteiger partial charge in [-0.3, -0.25) is 9.67 Å². The average molecular weight is 425 g/mol. The summed E-state index contributed by atoms with van der Waals surface area (Å²) in [6.07, 6.45) is 2.21. The number of H-pyrrole nitrogens is 1. The number of halogens is 3. The van der Waals surface area contributed by atoms with Crippen LogP contribution < -0.4 is 0 Å². The number of hydrogen-bond donors (Lipinski definition) is 1. The van der Waals surface area contributed by atoms with E-state index in [1.54, 1.807) is 6.92 Å². The second-order valence-electron chi connectivity index (χ2n) is 6.91. The molecule has 1 aliphatic carbocycles. The van der Waals surface area contributed by atoms with Gasteiger partial charge in [-0.05, 0) is 55.8 Å². The first kappa shape index (κ1) is 21.3. The molecule has 0 amide bonds. The second-order valence-corrected chi connectivity index (χ2v) is 7.30. The Morgan fingerprint density at radius 3 is 2.52 bits per heavy atom. The molecule has 2 aromatic rings. The van der Waals surface area contributed by atoms with Crippen molar-refractivity contribution in [3.63, 3.8) is 0 Å². The lowest BCUT2D eigenvalue weighted by atomic mass is 9.95. The zero-order valence-electron chi connectivity index (χ0n) is 16.0. The summed E-state index contributed by atoms with van der Waals surface area (Å²) in [7, 11) is 0. The van der Waals surface area contributed by atoms with Crippen molar-refractivity contribution in [1.82, 2.24) is 14.8 Å². The van der Waals surface area contributed by atoms with Crippen molar-refractivity contribution in [2.75, 3.05) is 6.61 Å². The van der Waals surface area contributed by atoms with Crippen LogP contribution in [0.15, 0.2) is 24.3 Å². The van der Waals surface area contributed by atoms with Gasteiger partial charge >= 0.3 is 12.1 Å². The Labute approximate surface area is 171 Å². The molecule has 0 unspecified atom stereocenters. The Hall–Kier alpha value is -2.42. The molecule has 9 heteroatoms. The van der Waals surface area contributed by atoms with Gasteiger partial charge in [-0.25, -0.2) is 4.79 Å². The fourth-order valence-corrected chi connectivity index (χ4v) is 3.81. The number of carbonyl (C=O) groups is 1. The highest BCUT2D eigenvalue weighted by molar-refractivity contribution is 7.71. The monoisotopic (exact) mass is 425 g/mol. The van der Waals surface area contributed by atoms with Crippen molar-refractivity contribution in [2.24, 2.45) is 0 Å². The van der Waals surface area contributed by atoms with E-state index in [0.717, 1.165) is 44.2 Å². The first-order valence-electron chi connectivity index (χ1n) is 9.54. The fraction of sp³-hybridized carbons (Fsp3) is 0.450. The van der Waals surface area contributed by atoms with Gasteiger partial charge in [0.25, 0.3) is 0 Å². The van der Waals surface area contributed by atoms with Crippen LogP contribution in [-0.2, 0) is 15.7 Å². The van der Waals surface area contributed by atoms with Gasteiger partial charge < -0.3 is 4.74 Å². The van der Waals surface area contributed by atoms with E-state index < -0.39 is 17.7 Å². The number of alkyl halides is 3. The summed E-state index contributed by atoms with van der Waals surface area (Å²) in [5.41, 5.74) is -0.160. The summed E-state index contributed by atoms with van der Waals surface area (Å²) in [6.45, 7) is 1.85. The van der Waals surface area contributed by atoms with E-state index in [0.29, 0.717) is 16.2 Å². The number of hydrogen-bond acceptors (Lipinski definition) is 4. The molecule has 1 saturated carbocycles. The zero-order chi connectivity index (χ0) is 21.0. The molecule has 1 aromatic carbocycles. The van der Waals surface area contributed by atoms with Gasteiger partial charge in [-0.1, -0.05) is 31.4 Å². The highest BCUT2D eigenvalue weighted by Gasteiger charge is 2.30. The molecule has 0 atom stereocenters. The number of aromatic nitrogens is 3. The predicted molar refractivity (Wildman–Crippen MR) is 105 cm³/mol. The van der Waals surface area contributed by atoms with Crippen LogP contribution in [0, 0.1) is 4.77 Å². The van der Waals surface area contributed by atoms with Gasteiger partial charge in [-0.15, -0.1) is 0 Å². The van der Waals surface area contributed by atoms with Gasteiger partial charge in [0.05, 0.1) is 12.2 Å². The van der Waals surface area contributed by atoms with Crippen LogP contribution in [-0.4, -0.2) is 27.3 Å². The summed E-state index contributed by atoms with van der Waals surface area (Å²) in [5.74, 6) is -0.251. The number of rotatable bonds is 5. The van der Waals surface area contributed by atoms with Gasteiger partial charge in [0.1, 0.15) is 5.57 Å². The Kier molecular flexibility index (Phi) is 6.56. The Morgan fingerprint density at radius 2 is 1.93 bits per heavy atom. The summed E-state index contributed by atoms with van der Waals surface area (Å²) in [6, 6.07) is 4.71. The molecule has 1 heterocycles. The smallest absolute Gasteiger partial charge is 0.416 e. The summed E-state index contributed by atoms with van der Waals surface area (Å²) in [4.78, 5) is 12.6. The fourth-order valence-electron chi connectivity index (χ4n) is 3.53. The normalized spacial score (nSPS) is 16.1. The summed E-state index contributed by atoms with van der Waals surface area (Å²) < 4.78 is 45.9. The topological polar surface area (TPSA) is 59.9 Å². The van der Waals surface area contributed by atoms with Crippen LogP contribution in [0.25, 0.3) is 11.6 Å². The molecule has 1 N–H and O–H groups in total.